The lowest BCUT2D eigenvalue weighted by Crippen LogP contribution is -2.60. The molecule has 20 nitrogen and oxygen atoms in total. The number of hydrogen-bond acceptors (Lipinski definition) is 11. The summed E-state index contributed by atoms with van der Waals surface area (Å²) in [6, 6.07) is -7.99. The minimum Gasteiger partial charge on any atom is -0.481 e. The smallest absolute Gasteiger partial charge is 0.326 e. The van der Waals surface area contributed by atoms with Gasteiger partial charge >= 0.3 is 11.9 Å². The van der Waals surface area contributed by atoms with Crippen LogP contribution in [0.4, 0.5) is 0 Å². The van der Waals surface area contributed by atoms with Gasteiger partial charge in [0.2, 0.25) is 41.4 Å². The summed E-state index contributed by atoms with van der Waals surface area (Å²) in [5.74, 6) is -7.64. The third kappa shape index (κ3) is 13.5. The van der Waals surface area contributed by atoms with E-state index in [1.165, 1.54) is 16.7 Å². The first kappa shape index (κ1) is 45.3. The number of primary amides is 1. The third-order valence-corrected chi connectivity index (χ3v) is 9.52. The van der Waals surface area contributed by atoms with Gasteiger partial charge in [0.1, 0.15) is 36.3 Å². The first-order valence-electron chi connectivity index (χ1n) is 18.4. The molecule has 2 aliphatic rings. The average Bonchev–Trinajstić information content (AvgIpc) is 3.80. The van der Waals surface area contributed by atoms with Gasteiger partial charge in [0.25, 0.3) is 0 Å². The number of hydrogen-bond donors (Lipinski definition) is 9. The summed E-state index contributed by atoms with van der Waals surface area (Å²) in [6.45, 7) is 5.48. The number of nitrogens with zero attached hydrogens (tertiary/aromatic N) is 2. The summed E-state index contributed by atoms with van der Waals surface area (Å²) in [4.78, 5) is 117. The van der Waals surface area contributed by atoms with Crippen LogP contribution in [0.1, 0.15) is 91.4 Å². The third-order valence-electron chi connectivity index (χ3n) is 9.52. The van der Waals surface area contributed by atoms with Gasteiger partial charge in [-0.3, -0.25) is 38.4 Å². The standard InChI is InChI=1S/C34H57N9O11/c1-18(2)27(41-31(50)24-10-6-16-42(24)32(51)20(36)11-14-26(45)46)33(52)43-17-7-9-23(43)30(49)39-21(12-13-25(37)44)29(48)38-19(3)28(47)40-22(34(53)54)8-4-5-15-35/h18-24,27H,4-17,35-36H2,1-3H3,(H2,37,44)(H,38,48)(H,39,49)(H,40,47)(H,41,50)(H,45,46)(H,53,54)/t19-,20+,21+,22+,23+,24+,27+/m1/s1. The molecule has 7 atom stereocenters. The summed E-state index contributed by atoms with van der Waals surface area (Å²) < 4.78 is 0. The number of rotatable bonds is 22. The molecule has 304 valence electrons. The van der Waals surface area contributed by atoms with Crippen LogP contribution in [0.5, 0.6) is 0 Å². The number of aliphatic carboxylic acids is 2. The molecule has 0 saturated carbocycles. The summed E-state index contributed by atoms with van der Waals surface area (Å²) in [5, 5.41) is 28.6. The van der Waals surface area contributed by atoms with E-state index in [0.29, 0.717) is 38.6 Å². The summed E-state index contributed by atoms with van der Waals surface area (Å²) >= 11 is 0. The Bertz CT molecular complexity index is 1390. The fraction of sp³-hybridized carbons (Fsp3) is 0.735. The van der Waals surface area contributed by atoms with E-state index >= 15 is 0 Å². The van der Waals surface area contributed by atoms with Gasteiger partial charge in [-0.1, -0.05) is 13.8 Å². The number of likely N-dealkylation sites (tertiary alicyclic amines) is 2. The molecule has 7 amide bonds. The highest BCUT2D eigenvalue weighted by Crippen LogP contribution is 2.23. The second-order valence-electron chi connectivity index (χ2n) is 14.1. The minimum atomic E-state index is -1.36. The highest BCUT2D eigenvalue weighted by molar-refractivity contribution is 5.97. The zero-order valence-electron chi connectivity index (χ0n) is 31.2. The lowest BCUT2D eigenvalue weighted by Gasteiger charge is -2.33. The quantitative estimate of drug-likeness (QED) is 0.0506. The second kappa shape index (κ2) is 21.8. The van der Waals surface area contributed by atoms with Crippen molar-refractivity contribution < 1.29 is 53.4 Å². The number of carboxylic acids is 2. The summed E-state index contributed by atoms with van der Waals surface area (Å²) in [6.07, 6.45) is 1.62. The van der Waals surface area contributed by atoms with Crippen molar-refractivity contribution in [2.45, 2.75) is 134 Å². The van der Waals surface area contributed by atoms with Crippen LogP contribution in [0.3, 0.4) is 0 Å². The van der Waals surface area contributed by atoms with E-state index in [9.17, 15) is 48.3 Å². The number of unbranched alkanes of at least 4 members (excludes halogenated alkanes) is 1. The fourth-order valence-corrected chi connectivity index (χ4v) is 6.41. The molecule has 54 heavy (non-hydrogen) atoms. The normalized spacial score (nSPS) is 19.6. The Hall–Kier alpha value is -4.85. The summed E-state index contributed by atoms with van der Waals surface area (Å²) in [5.41, 5.74) is 16.7. The molecule has 0 spiro atoms. The summed E-state index contributed by atoms with van der Waals surface area (Å²) in [7, 11) is 0. The maximum absolute atomic E-state index is 13.9. The average molecular weight is 768 g/mol. The van der Waals surface area contributed by atoms with Crippen molar-refractivity contribution in [2.75, 3.05) is 19.6 Å². The molecule has 12 N–H and O–H groups in total. The van der Waals surface area contributed by atoms with Gasteiger partial charge in [0.05, 0.1) is 6.04 Å². The van der Waals surface area contributed by atoms with Gasteiger partial charge in [-0.15, -0.1) is 0 Å². The first-order chi connectivity index (χ1) is 25.4. The number of nitrogens with one attached hydrogen (secondary N) is 4. The van der Waals surface area contributed by atoms with Crippen molar-refractivity contribution in [2.24, 2.45) is 23.1 Å². The maximum atomic E-state index is 13.9. The van der Waals surface area contributed by atoms with Crippen LogP contribution in [0.15, 0.2) is 0 Å². The zero-order chi connectivity index (χ0) is 40.7. The van der Waals surface area contributed by atoms with Crippen LogP contribution in [0, 0.1) is 5.92 Å². The van der Waals surface area contributed by atoms with Crippen molar-refractivity contribution >= 4 is 53.3 Å². The minimum absolute atomic E-state index is 0.104. The van der Waals surface area contributed by atoms with Gasteiger partial charge in [0, 0.05) is 25.9 Å². The van der Waals surface area contributed by atoms with Crippen LogP contribution in [-0.4, -0.2) is 135 Å². The molecule has 0 bridgehead atoms. The van der Waals surface area contributed by atoms with Crippen LogP contribution in [0.25, 0.3) is 0 Å². The molecule has 0 unspecified atom stereocenters. The van der Waals surface area contributed by atoms with Gasteiger partial charge in [0.15, 0.2) is 0 Å². The molecule has 2 fully saturated rings. The van der Waals surface area contributed by atoms with Crippen molar-refractivity contribution in [3.05, 3.63) is 0 Å². The van der Waals surface area contributed by atoms with E-state index < -0.39 is 101 Å². The Morgan fingerprint density at radius 3 is 1.80 bits per heavy atom. The largest absolute Gasteiger partial charge is 0.481 e. The van der Waals surface area contributed by atoms with Gasteiger partial charge in [-0.25, -0.2) is 4.79 Å². The van der Waals surface area contributed by atoms with Crippen LogP contribution >= 0.6 is 0 Å². The molecule has 0 aliphatic carbocycles. The van der Waals surface area contributed by atoms with Gasteiger partial charge in [-0.2, -0.15) is 0 Å². The molecule has 0 aromatic rings. The molecule has 2 aliphatic heterocycles. The monoisotopic (exact) mass is 767 g/mol. The molecule has 2 heterocycles. The predicted molar refractivity (Wildman–Crippen MR) is 192 cm³/mol. The fourth-order valence-electron chi connectivity index (χ4n) is 6.41. The van der Waals surface area contributed by atoms with Crippen molar-refractivity contribution in [1.29, 1.82) is 0 Å². The molecule has 2 saturated heterocycles. The predicted octanol–water partition coefficient (Wildman–Crippen LogP) is -2.75. The molecule has 0 aromatic heterocycles. The zero-order valence-corrected chi connectivity index (χ0v) is 31.2. The first-order valence-corrected chi connectivity index (χ1v) is 18.4. The van der Waals surface area contributed by atoms with Gasteiger partial charge < -0.3 is 58.5 Å². The van der Waals surface area contributed by atoms with Crippen molar-refractivity contribution in [3.63, 3.8) is 0 Å². The molecular formula is C34H57N9O11. The number of carbonyl (C=O) groups is 9. The number of amides is 7. The maximum Gasteiger partial charge on any atom is 0.326 e. The van der Waals surface area contributed by atoms with Crippen molar-refractivity contribution in [3.8, 4) is 0 Å². The Balaban J connectivity index is 2.14. The molecule has 0 radical (unpaired) electrons. The number of nitrogens with two attached hydrogens (primary N) is 3. The number of carbonyl (C=O) groups excluding carboxylic acids is 7. The van der Waals surface area contributed by atoms with E-state index in [4.69, 9.17) is 22.3 Å². The van der Waals surface area contributed by atoms with Crippen LogP contribution in [0.2, 0.25) is 0 Å². The lowest BCUT2D eigenvalue weighted by atomic mass is 10.0. The van der Waals surface area contributed by atoms with Crippen molar-refractivity contribution in [1.82, 2.24) is 31.1 Å². The molecule has 0 aromatic carbocycles. The van der Waals surface area contributed by atoms with E-state index in [1.54, 1.807) is 13.8 Å². The van der Waals surface area contributed by atoms with Gasteiger partial charge in [-0.05, 0) is 77.2 Å². The SMILES string of the molecule is CC(C)[C@H](NC(=O)[C@@H]1CCCN1C(=O)[C@@H](N)CCC(=O)O)C(=O)N1CCC[C@H]1C(=O)N[C@@H](CCC(N)=O)C(=O)N[C@H](C)C(=O)N[C@@H](CCCCN)C(=O)O. The van der Waals surface area contributed by atoms with Crippen LogP contribution < -0.4 is 38.5 Å². The van der Waals surface area contributed by atoms with E-state index in [1.807, 2.05) is 0 Å². The lowest BCUT2D eigenvalue weighted by molar-refractivity contribution is -0.145. The van der Waals surface area contributed by atoms with Crippen LogP contribution in [-0.2, 0) is 43.2 Å². The highest BCUT2D eigenvalue weighted by atomic mass is 16.4. The van der Waals surface area contributed by atoms with E-state index in [0.717, 1.165) is 0 Å². The molecular weight excluding hydrogens is 710 g/mol. The molecule has 2 rings (SSSR count). The number of carboxylic acid groups (broad SMARTS) is 2. The Morgan fingerprint density at radius 1 is 0.704 bits per heavy atom. The Morgan fingerprint density at radius 2 is 1.28 bits per heavy atom. The van der Waals surface area contributed by atoms with E-state index in [2.05, 4.69) is 21.3 Å². The van der Waals surface area contributed by atoms with E-state index in [-0.39, 0.29) is 51.6 Å². The Kier molecular flexibility index (Phi) is 18.3. The second-order valence-corrected chi connectivity index (χ2v) is 14.1. The highest BCUT2D eigenvalue weighted by Gasteiger charge is 2.42. The Labute approximate surface area is 314 Å². The topological polar surface area (TPSA) is 327 Å². The molecule has 20 heteroatoms.